The largest absolute Gasteiger partial charge is 0.451 e. The molecule has 6 nitrogen and oxygen atoms in total. The van der Waals surface area contributed by atoms with Crippen LogP contribution in [0.15, 0.2) is 20.1 Å². The highest BCUT2D eigenvalue weighted by Crippen LogP contribution is 2.29. The average molecular weight is 342 g/mol. The van der Waals surface area contributed by atoms with Crippen molar-refractivity contribution >= 4 is 11.1 Å². The predicted molar refractivity (Wildman–Crippen MR) is 94.7 cm³/mol. The molecule has 6 heteroatoms. The van der Waals surface area contributed by atoms with E-state index in [4.69, 9.17) is 9.15 Å². The molecule has 0 saturated heterocycles. The molecule has 1 saturated carbocycles. The van der Waals surface area contributed by atoms with E-state index >= 15 is 0 Å². The minimum atomic E-state index is -0.497. The summed E-state index contributed by atoms with van der Waals surface area (Å²) in [6.45, 7) is 2.05. The van der Waals surface area contributed by atoms with Crippen LogP contribution >= 0.6 is 0 Å². The first kappa shape index (κ1) is 17.3. The Morgan fingerprint density at radius 3 is 2.88 bits per heavy atom. The Kier molecular flexibility index (Phi) is 5.54. The van der Waals surface area contributed by atoms with Crippen LogP contribution in [0.5, 0.6) is 6.01 Å². The van der Waals surface area contributed by atoms with E-state index in [-0.39, 0.29) is 23.9 Å². The number of hydrogen-bond donors (Lipinski definition) is 1. The molecule has 2 aromatic heterocycles. The van der Waals surface area contributed by atoms with E-state index in [2.05, 4.69) is 21.8 Å². The quantitative estimate of drug-likeness (QED) is 0.845. The highest BCUT2D eigenvalue weighted by atomic mass is 16.5. The number of aromatic amines is 1. The van der Waals surface area contributed by atoms with Gasteiger partial charge in [-0.05, 0) is 24.3 Å². The van der Waals surface area contributed by atoms with Crippen LogP contribution in [-0.2, 0) is 6.42 Å². The van der Waals surface area contributed by atoms with Crippen LogP contribution in [0.2, 0.25) is 0 Å². The fraction of sp³-hybridized carbons (Fsp3) is 0.526. The number of nitrogens with one attached hydrogen (secondary N) is 1. The summed E-state index contributed by atoms with van der Waals surface area (Å²) in [5.74, 6) is 6.34. The van der Waals surface area contributed by atoms with E-state index in [1.54, 1.807) is 0 Å². The maximum absolute atomic E-state index is 12.4. The zero-order valence-corrected chi connectivity index (χ0v) is 14.4. The fourth-order valence-electron chi connectivity index (χ4n) is 3.33. The third-order valence-corrected chi connectivity index (χ3v) is 4.55. The summed E-state index contributed by atoms with van der Waals surface area (Å²) in [6.07, 6.45) is 7.38. The van der Waals surface area contributed by atoms with Gasteiger partial charge in [-0.3, -0.25) is 9.78 Å². The van der Waals surface area contributed by atoms with Gasteiger partial charge in [-0.25, -0.2) is 4.79 Å². The smallest absolute Gasteiger partial charge is 0.337 e. The van der Waals surface area contributed by atoms with Gasteiger partial charge in [0.05, 0.1) is 0 Å². The number of fused-ring (bicyclic) bond motifs is 1. The second-order valence-electron chi connectivity index (χ2n) is 6.33. The molecule has 2 aromatic rings. The number of rotatable bonds is 5. The minimum Gasteiger partial charge on any atom is -0.451 e. The molecule has 0 radical (unpaired) electrons. The molecule has 0 atom stereocenters. The normalized spacial score (nSPS) is 14.4. The Bertz CT molecular complexity index is 911. The summed E-state index contributed by atoms with van der Waals surface area (Å²) in [5.41, 5.74) is -0.127. The van der Waals surface area contributed by atoms with Gasteiger partial charge in [0.2, 0.25) is 5.71 Å². The first-order valence-electron chi connectivity index (χ1n) is 8.83. The highest BCUT2D eigenvalue weighted by molar-refractivity contribution is 5.75. The second-order valence-corrected chi connectivity index (χ2v) is 6.33. The molecule has 1 N–H and O–H groups in total. The maximum Gasteiger partial charge on any atom is 0.337 e. The lowest BCUT2D eigenvalue weighted by atomic mass is 9.97. The van der Waals surface area contributed by atoms with Gasteiger partial charge in [0.15, 0.2) is 6.61 Å². The topological polar surface area (TPSA) is 85.2 Å². The number of H-pyrrole nitrogens is 1. The van der Waals surface area contributed by atoms with E-state index in [1.807, 2.05) is 6.92 Å². The van der Waals surface area contributed by atoms with Crippen LogP contribution in [0.3, 0.4) is 0 Å². The molecule has 25 heavy (non-hydrogen) atoms. The standard InChI is InChI=1S/C19H22N2O4/c1-2-3-6-11-24-19-20-17(23)16-14(10-9-13-7-4-5-8-13)12-15(22)25-18(16)21-19/h12-13H,2,4-5,7-11H2,1H3,(H,20,21,23). The lowest BCUT2D eigenvalue weighted by Crippen LogP contribution is -2.16. The number of ether oxygens (including phenoxy) is 1. The Labute approximate surface area is 145 Å². The molecule has 2 heterocycles. The molecule has 3 rings (SSSR count). The molecule has 0 spiro atoms. The van der Waals surface area contributed by atoms with Gasteiger partial charge < -0.3 is 9.15 Å². The van der Waals surface area contributed by atoms with Crippen molar-refractivity contribution in [1.29, 1.82) is 0 Å². The van der Waals surface area contributed by atoms with Gasteiger partial charge >= 0.3 is 11.6 Å². The van der Waals surface area contributed by atoms with E-state index in [0.717, 1.165) is 12.8 Å². The molecule has 0 aromatic carbocycles. The molecule has 1 aliphatic rings. The van der Waals surface area contributed by atoms with Gasteiger partial charge in [-0.15, -0.1) is 5.92 Å². The zero-order valence-electron chi connectivity index (χ0n) is 14.4. The molecule has 1 fully saturated rings. The molecule has 132 valence electrons. The van der Waals surface area contributed by atoms with Crippen molar-refractivity contribution in [2.24, 2.45) is 5.92 Å². The minimum absolute atomic E-state index is 0.0130. The Morgan fingerprint density at radius 1 is 1.32 bits per heavy atom. The van der Waals surface area contributed by atoms with Gasteiger partial charge in [0.25, 0.3) is 5.56 Å². The summed E-state index contributed by atoms with van der Waals surface area (Å²) in [6, 6.07) is 1.42. The lowest BCUT2D eigenvalue weighted by molar-refractivity contribution is 0.337. The molecule has 0 aliphatic heterocycles. The van der Waals surface area contributed by atoms with Crippen molar-refractivity contribution in [1.82, 2.24) is 9.97 Å². The number of hydrogen-bond acceptors (Lipinski definition) is 5. The number of aromatic nitrogens is 2. The van der Waals surface area contributed by atoms with Crippen LogP contribution in [0.1, 0.15) is 51.0 Å². The Balaban J connectivity index is 1.87. The Morgan fingerprint density at radius 2 is 2.12 bits per heavy atom. The van der Waals surface area contributed by atoms with Crippen LogP contribution in [-0.4, -0.2) is 16.6 Å². The summed E-state index contributed by atoms with van der Waals surface area (Å²) in [4.78, 5) is 31.0. The second kappa shape index (κ2) is 8.02. The van der Waals surface area contributed by atoms with Crippen molar-refractivity contribution in [3.8, 4) is 17.9 Å². The highest BCUT2D eigenvalue weighted by Gasteiger charge is 2.18. The Hall–Kier alpha value is -2.55. The van der Waals surface area contributed by atoms with Crippen LogP contribution < -0.4 is 15.9 Å². The van der Waals surface area contributed by atoms with E-state index < -0.39 is 5.63 Å². The summed E-state index contributed by atoms with van der Waals surface area (Å²) >= 11 is 0. The zero-order chi connectivity index (χ0) is 17.6. The summed E-state index contributed by atoms with van der Waals surface area (Å²) in [5, 5.41) is 0.338. The van der Waals surface area contributed by atoms with E-state index in [1.165, 1.54) is 31.7 Å². The predicted octanol–water partition coefficient (Wildman–Crippen LogP) is 2.79. The maximum atomic E-state index is 12.4. The monoisotopic (exact) mass is 342 g/mol. The van der Waals surface area contributed by atoms with Gasteiger partial charge in [-0.1, -0.05) is 38.5 Å². The van der Waals surface area contributed by atoms with Crippen LogP contribution in [0.25, 0.3) is 11.1 Å². The first-order chi connectivity index (χ1) is 12.2. The summed E-state index contributed by atoms with van der Waals surface area (Å²) in [7, 11) is 0. The van der Waals surface area contributed by atoms with Crippen molar-refractivity contribution in [2.45, 2.75) is 51.9 Å². The summed E-state index contributed by atoms with van der Waals surface area (Å²) < 4.78 is 10.4. The number of nitrogens with zero attached hydrogens (tertiary/aromatic N) is 1. The van der Waals surface area contributed by atoms with E-state index in [0.29, 0.717) is 23.3 Å². The molecule has 0 bridgehead atoms. The SMILES string of the molecule is CCC#CCOc1nc2oc(=O)cc(CCC3CCCC3)c2c(=O)[nH]1. The van der Waals surface area contributed by atoms with Crippen molar-refractivity contribution in [3.63, 3.8) is 0 Å². The molecule has 0 amide bonds. The van der Waals surface area contributed by atoms with Crippen molar-refractivity contribution in [2.75, 3.05) is 6.61 Å². The van der Waals surface area contributed by atoms with Crippen molar-refractivity contribution < 1.29 is 9.15 Å². The van der Waals surface area contributed by atoms with Crippen LogP contribution in [0.4, 0.5) is 0 Å². The van der Waals surface area contributed by atoms with Gasteiger partial charge in [0, 0.05) is 12.5 Å². The van der Waals surface area contributed by atoms with E-state index in [9.17, 15) is 9.59 Å². The fourth-order valence-corrected chi connectivity index (χ4v) is 3.33. The molecule has 0 unspecified atom stereocenters. The first-order valence-corrected chi connectivity index (χ1v) is 8.83. The molecular formula is C19H22N2O4. The van der Waals surface area contributed by atoms with Crippen molar-refractivity contribution in [3.05, 3.63) is 32.4 Å². The average Bonchev–Trinajstić information content (AvgIpc) is 3.09. The van der Waals surface area contributed by atoms with Crippen LogP contribution in [0, 0.1) is 17.8 Å². The lowest BCUT2D eigenvalue weighted by Gasteiger charge is -2.09. The van der Waals surface area contributed by atoms with Gasteiger partial charge in [0.1, 0.15) is 5.39 Å². The molecular weight excluding hydrogens is 320 g/mol. The third kappa shape index (κ3) is 4.30. The third-order valence-electron chi connectivity index (χ3n) is 4.55. The molecule has 1 aliphatic carbocycles. The number of aryl methyl sites for hydroxylation is 1. The van der Waals surface area contributed by atoms with Gasteiger partial charge in [-0.2, -0.15) is 4.98 Å².